The number of carbonyl (C=O) groups excluding carboxylic acids is 3. The van der Waals surface area contributed by atoms with Crippen LogP contribution >= 0.6 is 0 Å². The first kappa shape index (κ1) is 76.3. The SMILES string of the molecule is CC/C=C\C/C=C\C/C=C\C/C=C\C/C=C\C/C=C\CCCCCCCCCCCCC(=O)OCC(COC(=O)CCCCCCCCCCC)OC(=O)CCCCCCCC/C=C\C/C=C\C/C=C\C/C=C\C/C=C\C/C=C\CC. The molecule has 0 aromatic heterocycles. The van der Waals surface area contributed by atoms with E-state index in [0.29, 0.717) is 19.3 Å². The first-order chi connectivity index (χ1) is 40.0. The van der Waals surface area contributed by atoms with Crippen LogP contribution in [0.3, 0.4) is 0 Å². The van der Waals surface area contributed by atoms with Crippen molar-refractivity contribution in [3.8, 4) is 0 Å². The van der Waals surface area contributed by atoms with Crippen molar-refractivity contribution in [3.05, 3.63) is 146 Å². The average molecular weight is 1120 g/mol. The second-order valence-electron chi connectivity index (χ2n) is 21.6. The summed E-state index contributed by atoms with van der Waals surface area (Å²) in [4.78, 5) is 38.3. The fraction of sp³-hybridized carbons (Fsp3) is 0.640. The van der Waals surface area contributed by atoms with Crippen molar-refractivity contribution in [1.82, 2.24) is 0 Å². The van der Waals surface area contributed by atoms with Crippen molar-refractivity contribution >= 4 is 17.9 Å². The van der Waals surface area contributed by atoms with E-state index in [1.165, 1.54) is 103 Å². The highest BCUT2D eigenvalue weighted by Crippen LogP contribution is 2.15. The number of esters is 3. The maximum atomic E-state index is 12.9. The number of hydrogen-bond donors (Lipinski definition) is 0. The van der Waals surface area contributed by atoms with Crippen molar-refractivity contribution in [3.63, 3.8) is 0 Å². The third-order valence-electron chi connectivity index (χ3n) is 13.8. The highest BCUT2D eigenvalue weighted by Gasteiger charge is 2.19. The van der Waals surface area contributed by atoms with E-state index in [9.17, 15) is 14.4 Å². The smallest absolute Gasteiger partial charge is 0.306 e. The fourth-order valence-corrected chi connectivity index (χ4v) is 8.92. The maximum absolute atomic E-state index is 12.9. The predicted molar refractivity (Wildman–Crippen MR) is 352 cm³/mol. The number of carbonyl (C=O) groups is 3. The maximum Gasteiger partial charge on any atom is 0.306 e. The summed E-state index contributed by atoms with van der Waals surface area (Å²) >= 11 is 0. The Labute approximate surface area is 499 Å². The first-order valence-corrected chi connectivity index (χ1v) is 33.3. The zero-order chi connectivity index (χ0) is 58.5. The minimum Gasteiger partial charge on any atom is -0.462 e. The van der Waals surface area contributed by atoms with Gasteiger partial charge in [0.15, 0.2) is 6.10 Å². The summed E-state index contributed by atoms with van der Waals surface area (Å²) in [5.74, 6) is -0.908. The Balaban J connectivity index is 4.27. The van der Waals surface area contributed by atoms with E-state index in [1.807, 2.05) is 0 Å². The van der Waals surface area contributed by atoms with Gasteiger partial charge in [-0.2, -0.15) is 0 Å². The first-order valence-electron chi connectivity index (χ1n) is 33.3. The average Bonchev–Trinajstić information content (AvgIpc) is 3.47. The van der Waals surface area contributed by atoms with E-state index in [1.54, 1.807) is 0 Å². The Morgan fingerprint density at radius 3 is 0.753 bits per heavy atom. The van der Waals surface area contributed by atoms with E-state index in [2.05, 4.69) is 167 Å². The molecule has 0 saturated heterocycles. The highest BCUT2D eigenvalue weighted by molar-refractivity contribution is 5.71. The Morgan fingerprint density at radius 2 is 0.481 bits per heavy atom. The minimum absolute atomic E-state index is 0.0878. The zero-order valence-corrected chi connectivity index (χ0v) is 52.5. The van der Waals surface area contributed by atoms with E-state index in [0.717, 1.165) is 148 Å². The van der Waals surface area contributed by atoms with Crippen LogP contribution in [0.2, 0.25) is 0 Å². The van der Waals surface area contributed by atoms with E-state index < -0.39 is 6.10 Å². The van der Waals surface area contributed by atoms with Gasteiger partial charge in [-0.3, -0.25) is 14.4 Å². The van der Waals surface area contributed by atoms with Crippen molar-refractivity contribution in [2.45, 2.75) is 297 Å². The van der Waals surface area contributed by atoms with Crippen LogP contribution in [0.4, 0.5) is 0 Å². The predicted octanol–water partition coefficient (Wildman–Crippen LogP) is 23.1. The van der Waals surface area contributed by atoms with Gasteiger partial charge in [0.25, 0.3) is 0 Å². The Hall–Kier alpha value is -4.71. The lowest BCUT2D eigenvalue weighted by Crippen LogP contribution is -2.30. The quantitative estimate of drug-likeness (QED) is 0.0261. The molecule has 0 rings (SSSR count). The molecule has 0 radical (unpaired) electrons. The van der Waals surface area contributed by atoms with Gasteiger partial charge in [0.2, 0.25) is 0 Å². The molecule has 0 aliphatic rings. The zero-order valence-electron chi connectivity index (χ0n) is 52.5. The summed E-state index contributed by atoms with van der Waals surface area (Å²) in [6.07, 6.45) is 97.2. The molecule has 0 amide bonds. The van der Waals surface area contributed by atoms with Crippen LogP contribution in [0.5, 0.6) is 0 Å². The van der Waals surface area contributed by atoms with Gasteiger partial charge < -0.3 is 14.2 Å². The summed E-state index contributed by atoms with van der Waals surface area (Å²) < 4.78 is 16.9. The summed E-state index contributed by atoms with van der Waals surface area (Å²) in [5, 5.41) is 0. The summed E-state index contributed by atoms with van der Waals surface area (Å²) in [6, 6.07) is 0. The van der Waals surface area contributed by atoms with Crippen LogP contribution in [0.1, 0.15) is 290 Å². The fourth-order valence-electron chi connectivity index (χ4n) is 8.92. The molecule has 0 fully saturated rings. The van der Waals surface area contributed by atoms with Crippen LogP contribution in [0, 0.1) is 0 Å². The molecule has 0 aromatic carbocycles. The lowest BCUT2D eigenvalue weighted by atomic mass is 10.1. The second-order valence-corrected chi connectivity index (χ2v) is 21.6. The van der Waals surface area contributed by atoms with Crippen LogP contribution < -0.4 is 0 Å². The monoisotopic (exact) mass is 1120 g/mol. The van der Waals surface area contributed by atoms with Gasteiger partial charge in [0.05, 0.1) is 0 Å². The van der Waals surface area contributed by atoms with Crippen molar-refractivity contribution < 1.29 is 28.6 Å². The normalized spacial score (nSPS) is 13.1. The molecule has 0 saturated carbocycles. The summed E-state index contributed by atoms with van der Waals surface area (Å²) in [7, 11) is 0. The molecule has 6 heteroatoms. The van der Waals surface area contributed by atoms with Crippen LogP contribution in [0.25, 0.3) is 0 Å². The van der Waals surface area contributed by atoms with Crippen molar-refractivity contribution in [1.29, 1.82) is 0 Å². The van der Waals surface area contributed by atoms with Gasteiger partial charge in [-0.15, -0.1) is 0 Å². The number of allylic oxidation sites excluding steroid dienone is 24. The molecular formula is C75H122O6. The number of hydrogen-bond acceptors (Lipinski definition) is 6. The number of ether oxygens (including phenoxy) is 3. The molecule has 1 atom stereocenters. The molecule has 6 nitrogen and oxygen atoms in total. The van der Waals surface area contributed by atoms with Gasteiger partial charge in [-0.05, 0) is 122 Å². The van der Waals surface area contributed by atoms with Gasteiger partial charge in [-0.1, -0.05) is 295 Å². The second kappa shape index (κ2) is 67.8. The molecule has 0 spiro atoms. The lowest BCUT2D eigenvalue weighted by molar-refractivity contribution is -0.167. The van der Waals surface area contributed by atoms with E-state index >= 15 is 0 Å². The Bertz CT molecular complexity index is 1760. The largest absolute Gasteiger partial charge is 0.462 e. The molecule has 0 heterocycles. The molecule has 0 aromatic rings. The Morgan fingerprint density at radius 1 is 0.259 bits per heavy atom. The van der Waals surface area contributed by atoms with Gasteiger partial charge in [0, 0.05) is 19.3 Å². The molecule has 0 N–H and O–H groups in total. The minimum atomic E-state index is -0.792. The standard InChI is InChI=1S/C75H122O6/c1-4-7-10-13-16-19-21-23-25-27-29-31-33-35-36-37-38-40-41-43-45-47-49-51-53-56-59-62-65-68-74(77)80-71-72(70-79-73(76)67-64-61-58-55-18-15-12-9-6-3)81-75(78)69-66-63-60-57-54-52-50-48-46-44-42-39-34-32-30-28-26-24-22-20-17-14-11-8-5-2/h7-8,10-11,16-17,19-20,23-26,29-32,35-36,38-40,42,46,48,72H,4-6,9,12-15,18,21-22,27-28,33-34,37,41,43-45,47,49-71H2,1-3H3/b10-7-,11-8-,19-16-,20-17-,25-23-,26-24-,31-29-,32-30-,36-35-,40-38-,42-39-,48-46-. The third kappa shape index (κ3) is 66.0. The van der Waals surface area contributed by atoms with E-state index in [4.69, 9.17) is 14.2 Å². The lowest BCUT2D eigenvalue weighted by Gasteiger charge is -2.18. The highest BCUT2D eigenvalue weighted by atomic mass is 16.6. The number of unbranched alkanes of at least 4 members (excludes halogenated alkanes) is 24. The molecule has 0 bridgehead atoms. The molecule has 1 unspecified atom stereocenters. The van der Waals surface area contributed by atoms with Crippen LogP contribution in [0.15, 0.2) is 146 Å². The van der Waals surface area contributed by atoms with Gasteiger partial charge in [0.1, 0.15) is 13.2 Å². The molecule has 81 heavy (non-hydrogen) atoms. The van der Waals surface area contributed by atoms with Crippen molar-refractivity contribution in [2.24, 2.45) is 0 Å². The van der Waals surface area contributed by atoms with Crippen LogP contribution in [-0.4, -0.2) is 37.2 Å². The van der Waals surface area contributed by atoms with E-state index in [-0.39, 0.29) is 31.1 Å². The Kier molecular flexibility index (Phi) is 63.9. The summed E-state index contributed by atoms with van der Waals surface area (Å²) in [6.45, 7) is 6.38. The number of rotatable bonds is 59. The van der Waals surface area contributed by atoms with Crippen molar-refractivity contribution in [2.75, 3.05) is 13.2 Å². The molecule has 0 aliphatic carbocycles. The molecular weight excluding hydrogens is 997 g/mol. The topological polar surface area (TPSA) is 78.9 Å². The summed E-state index contributed by atoms with van der Waals surface area (Å²) in [5.41, 5.74) is 0. The molecule has 0 aliphatic heterocycles. The van der Waals surface area contributed by atoms with Crippen LogP contribution in [-0.2, 0) is 28.6 Å². The molecule has 458 valence electrons. The van der Waals surface area contributed by atoms with Gasteiger partial charge >= 0.3 is 17.9 Å². The van der Waals surface area contributed by atoms with Gasteiger partial charge in [-0.25, -0.2) is 0 Å². The third-order valence-corrected chi connectivity index (χ3v) is 13.8.